The molecular weight excluding hydrogens is 190 g/mol. The van der Waals surface area contributed by atoms with Crippen molar-refractivity contribution in [1.29, 1.82) is 0 Å². The standard InChI is InChI=1S/C12H17NO2/c1-2-5-13-7-9-3-4-10(14)6-11(9)12(15)8-13/h3-4,6,12,14-15H,2,5,7-8H2,1H3. The number of nitrogens with zero attached hydrogens (tertiary/aromatic N) is 1. The molecular formula is C12H17NO2. The van der Waals surface area contributed by atoms with Gasteiger partial charge in [-0.2, -0.15) is 0 Å². The van der Waals surface area contributed by atoms with E-state index in [9.17, 15) is 10.2 Å². The van der Waals surface area contributed by atoms with Gasteiger partial charge >= 0.3 is 0 Å². The van der Waals surface area contributed by atoms with E-state index in [-0.39, 0.29) is 5.75 Å². The molecule has 2 N–H and O–H groups in total. The van der Waals surface area contributed by atoms with E-state index in [2.05, 4.69) is 11.8 Å². The monoisotopic (exact) mass is 207 g/mol. The minimum Gasteiger partial charge on any atom is -0.508 e. The zero-order chi connectivity index (χ0) is 10.8. The van der Waals surface area contributed by atoms with Gasteiger partial charge in [0.15, 0.2) is 0 Å². The smallest absolute Gasteiger partial charge is 0.115 e. The third kappa shape index (κ3) is 2.13. The molecule has 1 heterocycles. The highest BCUT2D eigenvalue weighted by Gasteiger charge is 2.23. The fraction of sp³-hybridized carbons (Fsp3) is 0.500. The summed E-state index contributed by atoms with van der Waals surface area (Å²) in [5.41, 5.74) is 2.00. The fourth-order valence-corrected chi connectivity index (χ4v) is 2.17. The molecule has 0 bridgehead atoms. The maximum Gasteiger partial charge on any atom is 0.115 e. The van der Waals surface area contributed by atoms with E-state index in [4.69, 9.17) is 0 Å². The van der Waals surface area contributed by atoms with Crippen LogP contribution in [0.5, 0.6) is 5.75 Å². The van der Waals surface area contributed by atoms with Crippen LogP contribution in [0.1, 0.15) is 30.6 Å². The van der Waals surface area contributed by atoms with Gasteiger partial charge in [-0.15, -0.1) is 0 Å². The molecule has 0 aromatic heterocycles. The summed E-state index contributed by atoms with van der Waals surface area (Å²) in [6.45, 7) is 4.70. The molecule has 1 aliphatic rings. The van der Waals surface area contributed by atoms with Gasteiger partial charge in [0, 0.05) is 13.1 Å². The van der Waals surface area contributed by atoms with Gasteiger partial charge < -0.3 is 10.2 Å². The summed E-state index contributed by atoms with van der Waals surface area (Å²) in [6.07, 6.45) is 0.632. The van der Waals surface area contributed by atoms with Crippen molar-refractivity contribution in [1.82, 2.24) is 4.90 Å². The molecule has 0 saturated carbocycles. The number of aromatic hydroxyl groups is 1. The average Bonchev–Trinajstić information content (AvgIpc) is 2.20. The Balaban J connectivity index is 2.24. The van der Waals surface area contributed by atoms with Crippen molar-refractivity contribution in [3.63, 3.8) is 0 Å². The Morgan fingerprint density at radius 3 is 3.00 bits per heavy atom. The molecule has 1 aromatic carbocycles. The molecule has 0 radical (unpaired) electrons. The van der Waals surface area contributed by atoms with Gasteiger partial charge in [0.25, 0.3) is 0 Å². The number of phenolic OH excluding ortho intramolecular Hbond substituents is 1. The molecule has 3 heteroatoms. The molecule has 15 heavy (non-hydrogen) atoms. The summed E-state index contributed by atoms with van der Waals surface area (Å²) in [7, 11) is 0. The minimum atomic E-state index is -0.465. The van der Waals surface area contributed by atoms with Crippen molar-refractivity contribution in [2.24, 2.45) is 0 Å². The van der Waals surface area contributed by atoms with E-state index in [1.54, 1.807) is 12.1 Å². The third-order valence-electron chi connectivity index (χ3n) is 2.85. The second kappa shape index (κ2) is 4.21. The lowest BCUT2D eigenvalue weighted by Gasteiger charge is -2.31. The Morgan fingerprint density at radius 1 is 1.47 bits per heavy atom. The zero-order valence-corrected chi connectivity index (χ0v) is 8.98. The summed E-state index contributed by atoms with van der Waals surface area (Å²) in [4.78, 5) is 2.24. The normalized spacial score (nSPS) is 21.3. The highest BCUT2D eigenvalue weighted by Crippen LogP contribution is 2.29. The highest BCUT2D eigenvalue weighted by atomic mass is 16.3. The first-order valence-electron chi connectivity index (χ1n) is 5.43. The zero-order valence-electron chi connectivity index (χ0n) is 8.98. The lowest BCUT2D eigenvalue weighted by atomic mass is 9.97. The number of fused-ring (bicyclic) bond motifs is 1. The van der Waals surface area contributed by atoms with Crippen LogP contribution in [0.15, 0.2) is 18.2 Å². The Labute approximate surface area is 90.0 Å². The molecule has 0 aliphatic carbocycles. The molecule has 1 atom stereocenters. The lowest BCUT2D eigenvalue weighted by molar-refractivity contribution is 0.0922. The van der Waals surface area contributed by atoms with Gasteiger partial charge in [0.05, 0.1) is 6.10 Å². The van der Waals surface area contributed by atoms with E-state index >= 15 is 0 Å². The van der Waals surface area contributed by atoms with E-state index in [0.717, 1.165) is 30.6 Å². The molecule has 1 aliphatic heterocycles. The number of aliphatic hydroxyl groups excluding tert-OH is 1. The number of rotatable bonds is 2. The quantitative estimate of drug-likeness (QED) is 0.775. The van der Waals surface area contributed by atoms with E-state index in [1.165, 1.54) is 0 Å². The Hall–Kier alpha value is -1.06. The Kier molecular flexibility index (Phi) is 2.93. The van der Waals surface area contributed by atoms with E-state index in [1.807, 2.05) is 6.07 Å². The molecule has 0 amide bonds. The molecule has 1 unspecified atom stereocenters. The van der Waals surface area contributed by atoms with Crippen LogP contribution in [-0.2, 0) is 6.54 Å². The van der Waals surface area contributed by atoms with Crippen LogP contribution in [0.25, 0.3) is 0 Å². The van der Waals surface area contributed by atoms with Crippen molar-refractivity contribution in [2.45, 2.75) is 26.0 Å². The number of phenols is 1. The van der Waals surface area contributed by atoms with Crippen molar-refractivity contribution in [2.75, 3.05) is 13.1 Å². The largest absolute Gasteiger partial charge is 0.508 e. The Morgan fingerprint density at radius 2 is 2.27 bits per heavy atom. The molecule has 0 saturated heterocycles. The van der Waals surface area contributed by atoms with Crippen LogP contribution >= 0.6 is 0 Å². The fourth-order valence-electron chi connectivity index (χ4n) is 2.17. The second-order valence-electron chi connectivity index (χ2n) is 4.13. The van der Waals surface area contributed by atoms with Gasteiger partial charge in [-0.3, -0.25) is 4.90 Å². The first kappa shape index (κ1) is 10.5. The molecule has 0 fully saturated rings. The summed E-state index contributed by atoms with van der Waals surface area (Å²) < 4.78 is 0. The molecule has 1 aromatic rings. The molecule has 0 spiro atoms. The van der Waals surface area contributed by atoms with Crippen LogP contribution in [-0.4, -0.2) is 28.2 Å². The van der Waals surface area contributed by atoms with E-state index < -0.39 is 6.10 Å². The van der Waals surface area contributed by atoms with Gasteiger partial charge in [0.1, 0.15) is 5.75 Å². The second-order valence-corrected chi connectivity index (χ2v) is 4.13. The SMILES string of the molecule is CCCN1Cc2ccc(O)cc2C(O)C1. The van der Waals surface area contributed by atoms with Crippen LogP contribution in [0.2, 0.25) is 0 Å². The summed E-state index contributed by atoms with van der Waals surface area (Å²) >= 11 is 0. The van der Waals surface area contributed by atoms with Crippen molar-refractivity contribution < 1.29 is 10.2 Å². The van der Waals surface area contributed by atoms with Crippen LogP contribution in [0.4, 0.5) is 0 Å². The lowest BCUT2D eigenvalue weighted by Crippen LogP contribution is -2.34. The maximum atomic E-state index is 9.93. The number of benzene rings is 1. The van der Waals surface area contributed by atoms with Crippen LogP contribution < -0.4 is 0 Å². The predicted octanol–water partition coefficient (Wildman–Crippen LogP) is 1.65. The summed E-state index contributed by atoms with van der Waals surface area (Å²) in [6, 6.07) is 5.25. The predicted molar refractivity (Wildman–Crippen MR) is 58.6 cm³/mol. The van der Waals surface area contributed by atoms with Crippen molar-refractivity contribution >= 4 is 0 Å². The highest BCUT2D eigenvalue weighted by molar-refractivity contribution is 5.37. The average molecular weight is 207 g/mol. The molecule has 2 rings (SSSR count). The summed E-state index contributed by atoms with van der Waals surface area (Å²) in [5, 5.41) is 19.3. The van der Waals surface area contributed by atoms with E-state index in [0.29, 0.717) is 6.54 Å². The first-order valence-corrected chi connectivity index (χ1v) is 5.43. The summed E-state index contributed by atoms with van der Waals surface area (Å²) in [5.74, 6) is 0.233. The van der Waals surface area contributed by atoms with Crippen LogP contribution in [0.3, 0.4) is 0 Å². The van der Waals surface area contributed by atoms with Crippen LogP contribution in [0, 0.1) is 0 Å². The van der Waals surface area contributed by atoms with Gasteiger partial charge in [-0.05, 0) is 36.2 Å². The first-order chi connectivity index (χ1) is 7.20. The van der Waals surface area contributed by atoms with Gasteiger partial charge in [-0.1, -0.05) is 13.0 Å². The third-order valence-corrected chi connectivity index (χ3v) is 2.85. The molecule has 3 nitrogen and oxygen atoms in total. The van der Waals surface area contributed by atoms with Gasteiger partial charge in [-0.25, -0.2) is 0 Å². The number of β-amino-alcohol motifs (C(OH)–C–C–N with tert-alkyl or cyclic N) is 1. The molecule has 82 valence electrons. The minimum absolute atomic E-state index is 0.233. The number of hydrogen-bond acceptors (Lipinski definition) is 3. The van der Waals surface area contributed by atoms with Crippen molar-refractivity contribution in [3.05, 3.63) is 29.3 Å². The maximum absolute atomic E-state index is 9.93. The van der Waals surface area contributed by atoms with Gasteiger partial charge in [0.2, 0.25) is 0 Å². The number of aliphatic hydroxyl groups is 1. The topological polar surface area (TPSA) is 43.7 Å². The number of hydrogen-bond donors (Lipinski definition) is 2. The Bertz CT molecular complexity index is 351. The van der Waals surface area contributed by atoms with Crippen molar-refractivity contribution in [3.8, 4) is 5.75 Å².